The van der Waals surface area contributed by atoms with Crippen molar-refractivity contribution in [2.24, 2.45) is 0 Å². The standard InChI is InChI=1S/C15H8F6O2/c16-14(17,18)9-5-8(6-10(7-9)15(19,20)21)11-3-1-2-4-12(11)13(22)23/h1-7H,(H,22,23). The van der Waals surface area contributed by atoms with Crippen molar-refractivity contribution in [2.45, 2.75) is 12.4 Å². The number of aromatic carboxylic acids is 1. The number of alkyl halides is 6. The Morgan fingerprint density at radius 2 is 1.30 bits per heavy atom. The van der Waals surface area contributed by atoms with Gasteiger partial charge in [0.25, 0.3) is 0 Å². The minimum Gasteiger partial charge on any atom is -0.478 e. The molecule has 1 N–H and O–H groups in total. The van der Waals surface area contributed by atoms with E-state index in [0.29, 0.717) is 12.1 Å². The molecular formula is C15H8F6O2. The summed E-state index contributed by atoms with van der Waals surface area (Å²) in [5.74, 6) is -1.45. The highest BCUT2D eigenvalue weighted by Crippen LogP contribution is 2.39. The molecule has 0 radical (unpaired) electrons. The van der Waals surface area contributed by atoms with E-state index in [0.717, 1.165) is 12.1 Å². The summed E-state index contributed by atoms with van der Waals surface area (Å²) in [6.45, 7) is 0. The average molecular weight is 334 g/mol. The van der Waals surface area contributed by atoms with Crippen LogP contribution in [0.1, 0.15) is 21.5 Å². The molecule has 0 fully saturated rings. The number of hydrogen-bond donors (Lipinski definition) is 1. The molecule has 0 bridgehead atoms. The lowest BCUT2D eigenvalue weighted by Crippen LogP contribution is -2.11. The minimum atomic E-state index is -4.99. The van der Waals surface area contributed by atoms with Crippen LogP contribution in [0.4, 0.5) is 26.3 Å². The number of benzene rings is 2. The molecule has 0 aliphatic heterocycles. The lowest BCUT2D eigenvalue weighted by Gasteiger charge is -2.15. The van der Waals surface area contributed by atoms with Gasteiger partial charge in [0.1, 0.15) is 0 Å². The summed E-state index contributed by atoms with van der Waals surface area (Å²) in [7, 11) is 0. The monoisotopic (exact) mass is 334 g/mol. The van der Waals surface area contributed by atoms with E-state index in [1.54, 1.807) is 0 Å². The van der Waals surface area contributed by atoms with Crippen LogP contribution in [0.25, 0.3) is 11.1 Å². The van der Waals surface area contributed by atoms with Gasteiger partial charge in [0.15, 0.2) is 0 Å². The summed E-state index contributed by atoms with van der Waals surface area (Å²) in [6.07, 6.45) is -9.98. The third kappa shape index (κ3) is 3.64. The van der Waals surface area contributed by atoms with Crippen molar-refractivity contribution in [3.8, 4) is 11.1 Å². The van der Waals surface area contributed by atoms with E-state index in [9.17, 15) is 31.1 Å². The van der Waals surface area contributed by atoms with Crippen LogP contribution < -0.4 is 0 Å². The molecule has 0 saturated heterocycles. The van der Waals surface area contributed by atoms with Crippen molar-refractivity contribution in [3.63, 3.8) is 0 Å². The summed E-state index contributed by atoms with van der Waals surface area (Å²) in [5.41, 5.74) is -4.08. The van der Waals surface area contributed by atoms with Crippen molar-refractivity contribution < 1.29 is 36.2 Å². The molecule has 0 aromatic heterocycles. The van der Waals surface area contributed by atoms with Gasteiger partial charge in [-0.25, -0.2) is 4.79 Å². The number of halogens is 6. The van der Waals surface area contributed by atoms with Crippen LogP contribution in [0, 0.1) is 0 Å². The van der Waals surface area contributed by atoms with E-state index in [-0.39, 0.29) is 17.2 Å². The molecule has 23 heavy (non-hydrogen) atoms. The summed E-state index contributed by atoms with van der Waals surface area (Å²) in [6, 6.07) is 5.89. The van der Waals surface area contributed by atoms with Gasteiger partial charge in [-0.1, -0.05) is 18.2 Å². The third-order valence-corrected chi connectivity index (χ3v) is 3.06. The van der Waals surface area contributed by atoms with E-state index in [4.69, 9.17) is 5.11 Å². The summed E-state index contributed by atoms with van der Waals surface area (Å²) in [4.78, 5) is 11.1. The van der Waals surface area contributed by atoms with Gasteiger partial charge in [0.2, 0.25) is 0 Å². The fraction of sp³-hybridized carbons (Fsp3) is 0.133. The lowest BCUT2D eigenvalue weighted by molar-refractivity contribution is -0.143. The Balaban J connectivity index is 2.75. The van der Waals surface area contributed by atoms with Crippen LogP contribution >= 0.6 is 0 Å². The maximum atomic E-state index is 12.8. The van der Waals surface area contributed by atoms with Crippen LogP contribution in [-0.4, -0.2) is 11.1 Å². The van der Waals surface area contributed by atoms with E-state index in [2.05, 4.69) is 0 Å². The zero-order chi connectivity index (χ0) is 17.4. The molecule has 0 amide bonds. The van der Waals surface area contributed by atoms with Gasteiger partial charge in [-0.2, -0.15) is 26.3 Å². The van der Waals surface area contributed by atoms with Gasteiger partial charge in [0, 0.05) is 0 Å². The summed E-state index contributed by atoms with van der Waals surface area (Å²) < 4.78 is 77.0. The first kappa shape index (κ1) is 16.9. The predicted octanol–water partition coefficient (Wildman–Crippen LogP) is 5.09. The Hall–Kier alpha value is -2.51. The molecule has 122 valence electrons. The molecule has 0 aliphatic carbocycles. The molecular weight excluding hydrogens is 326 g/mol. The lowest BCUT2D eigenvalue weighted by atomic mass is 9.95. The van der Waals surface area contributed by atoms with Crippen molar-refractivity contribution in [1.29, 1.82) is 0 Å². The highest BCUT2D eigenvalue weighted by atomic mass is 19.4. The second kappa shape index (κ2) is 5.60. The highest BCUT2D eigenvalue weighted by molar-refractivity contribution is 5.96. The van der Waals surface area contributed by atoms with Crippen LogP contribution in [0.15, 0.2) is 42.5 Å². The first-order valence-corrected chi connectivity index (χ1v) is 6.12. The molecule has 2 aromatic carbocycles. The zero-order valence-electron chi connectivity index (χ0n) is 11.2. The van der Waals surface area contributed by atoms with Crippen molar-refractivity contribution in [1.82, 2.24) is 0 Å². The van der Waals surface area contributed by atoms with Gasteiger partial charge in [-0.15, -0.1) is 0 Å². The average Bonchev–Trinajstić information content (AvgIpc) is 2.45. The smallest absolute Gasteiger partial charge is 0.416 e. The maximum Gasteiger partial charge on any atom is 0.416 e. The van der Waals surface area contributed by atoms with Crippen LogP contribution in [0.5, 0.6) is 0 Å². The molecule has 0 saturated carbocycles. The molecule has 0 spiro atoms. The molecule has 2 aromatic rings. The second-order valence-corrected chi connectivity index (χ2v) is 4.65. The van der Waals surface area contributed by atoms with Crippen LogP contribution in [0.2, 0.25) is 0 Å². The Morgan fingerprint density at radius 1 is 0.826 bits per heavy atom. The molecule has 0 heterocycles. The molecule has 2 nitrogen and oxygen atoms in total. The van der Waals surface area contributed by atoms with Gasteiger partial charge in [0.05, 0.1) is 16.7 Å². The third-order valence-electron chi connectivity index (χ3n) is 3.06. The van der Waals surface area contributed by atoms with E-state index in [1.165, 1.54) is 12.1 Å². The number of carbonyl (C=O) groups is 1. The number of carboxylic acid groups (broad SMARTS) is 1. The van der Waals surface area contributed by atoms with Gasteiger partial charge < -0.3 is 5.11 Å². The fourth-order valence-corrected chi connectivity index (χ4v) is 2.03. The van der Waals surface area contributed by atoms with Crippen molar-refractivity contribution in [3.05, 3.63) is 59.2 Å². The van der Waals surface area contributed by atoms with Gasteiger partial charge in [-0.05, 0) is 35.4 Å². The summed E-state index contributed by atoms with van der Waals surface area (Å²) >= 11 is 0. The van der Waals surface area contributed by atoms with Crippen LogP contribution in [-0.2, 0) is 12.4 Å². The van der Waals surface area contributed by atoms with Gasteiger partial charge in [-0.3, -0.25) is 0 Å². The van der Waals surface area contributed by atoms with Crippen molar-refractivity contribution >= 4 is 5.97 Å². The summed E-state index contributed by atoms with van der Waals surface area (Å²) in [5, 5.41) is 9.04. The number of rotatable bonds is 2. The van der Waals surface area contributed by atoms with Crippen LogP contribution in [0.3, 0.4) is 0 Å². The number of carboxylic acids is 1. The van der Waals surface area contributed by atoms with E-state index >= 15 is 0 Å². The van der Waals surface area contributed by atoms with Gasteiger partial charge >= 0.3 is 18.3 Å². The van der Waals surface area contributed by atoms with E-state index < -0.39 is 35.0 Å². The first-order valence-electron chi connectivity index (χ1n) is 6.12. The normalized spacial score (nSPS) is 12.3. The Labute approximate surface area is 126 Å². The molecule has 0 aliphatic rings. The number of hydrogen-bond acceptors (Lipinski definition) is 1. The SMILES string of the molecule is O=C(O)c1ccccc1-c1cc(C(F)(F)F)cc(C(F)(F)F)c1. The van der Waals surface area contributed by atoms with E-state index in [1.807, 2.05) is 0 Å². The molecule has 0 unspecified atom stereocenters. The fourth-order valence-electron chi connectivity index (χ4n) is 2.03. The topological polar surface area (TPSA) is 37.3 Å². The Bertz CT molecular complexity index is 714. The highest BCUT2D eigenvalue weighted by Gasteiger charge is 2.37. The Morgan fingerprint density at radius 3 is 1.74 bits per heavy atom. The van der Waals surface area contributed by atoms with Crippen molar-refractivity contribution in [2.75, 3.05) is 0 Å². The first-order chi connectivity index (χ1) is 10.5. The molecule has 8 heteroatoms. The Kier molecular flexibility index (Phi) is 4.10. The quantitative estimate of drug-likeness (QED) is 0.777. The predicted molar refractivity (Wildman–Crippen MR) is 68.8 cm³/mol. The minimum absolute atomic E-state index is 0.00706. The zero-order valence-corrected chi connectivity index (χ0v) is 11.2. The molecule has 2 rings (SSSR count). The largest absolute Gasteiger partial charge is 0.478 e. The second-order valence-electron chi connectivity index (χ2n) is 4.65. The maximum absolute atomic E-state index is 12.8. The molecule has 0 atom stereocenters.